The average molecular weight is 410 g/mol. The molecule has 24 heavy (non-hydrogen) atoms. The Kier molecular flexibility index (Phi) is 3.58. The monoisotopic (exact) mass is 408 g/mol. The van der Waals surface area contributed by atoms with Crippen LogP contribution >= 0.6 is 27.5 Å². The second-order valence-electron chi connectivity index (χ2n) is 5.92. The summed E-state index contributed by atoms with van der Waals surface area (Å²) in [7, 11) is 1.68. The van der Waals surface area contributed by atoms with E-state index in [1.807, 2.05) is 18.2 Å². The Labute approximate surface area is 152 Å². The van der Waals surface area contributed by atoms with Gasteiger partial charge in [-0.2, -0.15) is 0 Å². The van der Waals surface area contributed by atoms with Gasteiger partial charge < -0.3 is 9.64 Å². The minimum Gasteiger partial charge on any atom is -0.455 e. The molecule has 2 atom stereocenters. The number of ether oxygens (including phenoxy) is 1. The van der Waals surface area contributed by atoms with Crippen LogP contribution in [0.5, 0.6) is 11.5 Å². The standard InChI is InChI=1S/C16H14BrClN4O2/c1-22-14(23)6-16(21-15(22)19)9-4-8(17)2-3-11(9)24-12-7-20-13(18)5-10(12)16/h2-5,7,15,21H,6,19H2,1H3/t15?,16-/m0/s1. The molecular formula is C16H14BrClN4O2. The Balaban J connectivity index is 2.00. The lowest BCUT2D eigenvalue weighted by molar-refractivity contribution is -0.138. The van der Waals surface area contributed by atoms with Crippen LogP contribution in [0.15, 0.2) is 34.9 Å². The Morgan fingerprint density at radius 3 is 2.92 bits per heavy atom. The third-order valence-corrected chi connectivity index (χ3v) is 5.24. The second-order valence-corrected chi connectivity index (χ2v) is 7.22. The van der Waals surface area contributed by atoms with Crippen LogP contribution in [0.4, 0.5) is 0 Å². The molecule has 124 valence electrons. The van der Waals surface area contributed by atoms with Gasteiger partial charge in [-0.05, 0) is 24.3 Å². The lowest BCUT2D eigenvalue weighted by Crippen LogP contribution is -2.66. The van der Waals surface area contributed by atoms with Crippen LogP contribution in [0.2, 0.25) is 5.15 Å². The van der Waals surface area contributed by atoms with Gasteiger partial charge in [0.2, 0.25) is 5.91 Å². The fourth-order valence-corrected chi connectivity index (χ4v) is 3.79. The van der Waals surface area contributed by atoms with Gasteiger partial charge in [-0.15, -0.1) is 0 Å². The maximum atomic E-state index is 12.6. The maximum absolute atomic E-state index is 12.6. The van der Waals surface area contributed by atoms with Crippen LogP contribution in [-0.2, 0) is 10.3 Å². The van der Waals surface area contributed by atoms with Crippen molar-refractivity contribution in [3.8, 4) is 11.5 Å². The van der Waals surface area contributed by atoms with E-state index in [9.17, 15) is 4.79 Å². The molecule has 6 nitrogen and oxygen atoms in total. The summed E-state index contributed by atoms with van der Waals surface area (Å²) in [5.41, 5.74) is 6.93. The molecule has 0 bridgehead atoms. The predicted molar refractivity (Wildman–Crippen MR) is 92.7 cm³/mol. The lowest BCUT2D eigenvalue weighted by Gasteiger charge is -2.47. The minimum atomic E-state index is -0.817. The van der Waals surface area contributed by atoms with E-state index < -0.39 is 11.8 Å². The van der Waals surface area contributed by atoms with Gasteiger partial charge in [-0.3, -0.25) is 15.8 Å². The first-order valence-electron chi connectivity index (χ1n) is 7.33. The molecule has 1 aromatic carbocycles. The molecule has 0 aliphatic carbocycles. The number of pyridine rings is 1. The van der Waals surface area contributed by atoms with Gasteiger partial charge in [-0.1, -0.05) is 27.5 Å². The third kappa shape index (κ3) is 2.23. The summed E-state index contributed by atoms with van der Waals surface area (Å²) in [5.74, 6) is 1.16. The first-order chi connectivity index (χ1) is 11.4. The summed E-state index contributed by atoms with van der Waals surface area (Å²) in [6.07, 6.45) is 1.15. The minimum absolute atomic E-state index is 0.0621. The largest absolute Gasteiger partial charge is 0.455 e. The summed E-state index contributed by atoms with van der Waals surface area (Å²) in [5, 5.41) is 3.70. The fraction of sp³-hybridized carbons (Fsp3) is 0.250. The number of nitrogens with zero attached hydrogens (tertiary/aromatic N) is 2. The summed E-state index contributed by atoms with van der Waals surface area (Å²) in [6, 6.07) is 7.40. The quantitative estimate of drug-likeness (QED) is 0.654. The third-order valence-electron chi connectivity index (χ3n) is 4.54. The fourth-order valence-electron chi connectivity index (χ4n) is 3.27. The molecule has 2 aliphatic rings. The zero-order valence-corrected chi connectivity index (χ0v) is 15.1. The molecule has 1 amide bonds. The lowest BCUT2D eigenvalue weighted by atomic mass is 9.76. The van der Waals surface area contributed by atoms with E-state index in [1.54, 1.807) is 19.3 Å². The van der Waals surface area contributed by atoms with E-state index in [2.05, 4.69) is 26.2 Å². The number of rotatable bonds is 0. The molecule has 8 heteroatoms. The first-order valence-corrected chi connectivity index (χ1v) is 8.51. The van der Waals surface area contributed by atoms with Crippen LogP contribution in [0, 0.1) is 0 Å². The summed E-state index contributed by atoms with van der Waals surface area (Å²) < 4.78 is 6.85. The van der Waals surface area contributed by atoms with Crippen molar-refractivity contribution in [3.05, 3.63) is 51.2 Å². The number of carbonyl (C=O) groups is 1. The smallest absolute Gasteiger partial charge is 0.227 e. The van der Waals surface area contributed by atoms with Gasteiger partial charge in [-0.25, -0.2) is 4.98 Å². The molecule has 4 rings (SSSR count). The molecule has 1 saturated heterocycles. The highest BCUT2D eigenvalue weighted by Crippen LogP contribution is 2.50. The number of fused-ring (bicyclic) bond motifs is 4. The molecule has 1 unspecified atom stereocenters. The van der Waals surface area contributed by atoms with Gasteiger partial charge >= 0.3 is 0 Å². The molecule has 0 radical (unpaired) electrons. The van der Waals surface area contributed by atoms with Gasteiger partial charge in [0, 0.05) is 22.6 Å². The molecule has 2 aliphatic heterocycles. The van der Waals surface area contributed by atoms with Gasteiger partial charge in [0.05, 0.1) is 18.2 Å². The number of nitrogens with two attached hydrogens (primary N) is 1. The van der Waals surface area contributed by atoms with Crippen LogP contribution in [0.25, 0.3) is 0 Å². The zero-order valence-electron chi connectivity index (χ0n) is 12.7. The highest BCUT2D eigenvalue weighted by molar-refractivity contribution is 9.10. The van der Waals surface area contributed by atoms with Crippen molar-refractivity contribution in [2.75, 3.05) is 7.05 Å². The molecule has 3 N–H and O–H groups in total. The van der Waals surface area contributed by atoms with Crippen molar-refractivity contribution in [2.45, 2.75) is 18.2 Å². The first kappa shape index (κ1) is 15.8. The van der Waals surface area contributed by atoms with Crippen molar-refractivity contribution in [2.24, 2.45) is 5.73 Å². The predicted octanol–water partition coefficient (Wildman–Crippen LogP) is 2.54. The van der Waals surface area contributed by atoms with Gasteiger partial charge in [0.15, 0.2) is 5.75 Å². The number of hydrogen-bond acceptors (Lipinski definition) is 5. The van der Waals surface area contributed by atoms with E-state index in [1.165, 1.54) is 4.90 Å². The van der Waals surface area contributed by atoms with Crippen molar-refractivity contribution in [1.82, 2.24) is 15.2 Å². The summed E-state index contributed by atoms with van der Waals surface area (Å²) in [6.45, 7) is 0. The number of amides is 1. The highest BCUT2D eigenvalue weighted by atomic mass is 79.9. The van der Waals surface area contributed by atoms with Crippen molar-refractivity contribution in [1.29, 1.82) is 0 Å². The molecule has 3 heterocycles. The molecular weight excluding hydrogens is 396 g/mol. The SMILES string of the molecule is CN1C(=O)C[C@]2(NC1N)c1cc(Br)ccc1Oc1cnc(Cl)cc12. The van der Waals surface area contributed by atoms with E-state index >= 15 is 0 Å². The summed E-state index contributed by atoms with van der Waals surface area (Å²) in [4.78, 5) is 18.1. The van der Waals surface area contributed by atoms with Crippen LogP contribution in [-0.4, -0.2) is 29.1 Å². The Bertz CT molecular complexity index is 808. The van der Waals surface area contributed by atoms with Crippen LogP contribution < -0.4 is 15.8 Å². The van der Waals surface area contributed by atoms with Crippen molar-refractivity contribution >= 4 is 33.4 Å². The normalized spacial score (nSPS) is 25.2. The number of carbonyl (C=O) groups excluding carboxylic acids is 1. The Morgan fingerprint density at radius 1 is 1.42 bits per heavy atom. The topological polar surface area (TPSA) is 80.5 Å². The van der Waals surface area contributed by atoms with E-state index in [0.717, 1.165) is 15.6 Å². The average Bonchev–Trinajstić information content (AvgIpc) is 2.54. The number of hydrogen-bond donors (Lipinski definition) is 2. The van der Waals surface area contributed by atoms with E-state index in [4.69, 9.17) is 22.1 Å². The number of benzene rings is 1. The Hall–Kier alpha value is -1.67. The molecule has 0 saturated carbocycles. The zero-order chi connectivity index (χ0) is 17.1. The molecule has 1 fully saturated rings. The van der Waals surface area contributed by atoms with Gasteiger partial charge in [0.1, 0.15) is 17.2 Å². The van der Waals surface area contributed by atoms with Crippen LogP contribution in [0.3, 0.4) is 0 Å². The van der Waals surface area contributed by atoms with Crippen molar-refractivity contribution in [3.63, 3.8) is 0 Å². The van der Waals surface area contributed by atoms with Crippen LogP contribution in [0.1, 0.15) is 17.5 Å². The molecule has 1 aromatic heterocycles. The van der Waals surface area contributed by atoms with Crippen molar-refractivity contribution < 1.29 is 9.53 Å². The van der Waals surface area contributed by atoms with E-state index in [0.29, 0.717) is 16.7 Å². The molecule has 2 aromatic rings. The maximum Gasteiger partial charge on any atom is 0.227 e. The van der Waals surface area contributed by atoms with Gasteiger partial charge in [0.25, 0.3) is 0 Å². The van der Waals surface area contributed by atoms with E-state index in [-0.39, 0.29) is 12.3 Å². The molecule has 1 spiro atoms. The number of halogens is 2. The Morgan fingerprint density at radius 2 is 2.17 bits per heavy atom. The second kappa shape index (κ2) is 5.42. The summed E-state index contributed by atoms with van der Waals surface area (Å²) >= 11 is 9.60. The highest BCUT2D eigenvalue weighted by Gasteiger charge is 2.49. The number of aromatic nitrogens is 1. The number of nitrogens with one attached hydrogen (secondary N) is 1.